The summed E-state index contributed by atoms with van der Waals surface area (Å²) in [5.41, 5.74) is 6.66. The number of amides is 2. The van der Waals surface area contributed by atoms with Crippen LogP contribution < -0.4 is 20.5 Å². The quantitative estimate of drug-likeness (QED) is 0.368. The summed E-state index contributed by atoms with van der Waals surface area (Å²) >= 11 is 6.24. The van der Waals surface area contributed by atoms with Crippen molar-refractivity contribution in [2.75, 3.05) is 19.0 Å². The fourth-order valence-electron chi connectivity index (χ4n) is 4.67. The molecule has 1 unspecified atom stereocenters. The molecule has 9 nitrogen and oxygen atoms in total. The predicted molar refractivity (Wildman–Crippen MR) is 148 cm³/mol. The largest absolute Gasteiger partial charge is 0.494 e. The minimum Gasteiger partial charge on any atom is -0.494 e. The topological polar surface area (TPSA) is 131 Å². The molecule has 0 bridgehead atoms. The first-order valence-electron chi connectivity index (χ1n) is 12.3. The number of hydrogen-bond donors (Lipinski definition) is 3. The van der Waals surface area contributed by atoms with Crippen LogP contribution in [-0.4, -0.2) is 59.8 Å². The number of halogens is 1. The summed E-state index contributed by atoms with van der Waals surface area (Å²) in [4.78, 5) is 32.3. The highest BCUT2D eigenvalue weighted by atomic mass is 35.5. The Kier molecular flexibility index (Phi) is 7.78. The number of anilines is 1. The van der Waals surface area contributed by atoms with E-state index in [9.17, 15) is 9.59 Å². The van der Waals surface area contributed by atoms with Gasteiger partial charge in [0.05, 0.1) is 19.9 Å². The van der Waals surface area contributed by atoms with Gasteiger partial charge in [-0.2, -0.15) is 0 Å². The Labute approximate surface area is 226 Å². The Balaban J connectivity index is 1.61. The third-order valence-electron chi connectivity index (χ3n) is 6.63. The smallest absolute Gasteiger partial charge is 0.246 e. The second kappa shape index (κ2) is 10.9. The van der Waals surface area contributed by atoms with Gasteiger partial charge in [-0.3, -0.25) is 9.59 Å². The first kappa shape index (κ1) is 27.2. The van der Waals surface area contributed by atoms with E-state index >= 15 is 0 Å². The Hall–Kier alpha value is -3.85. The molecular weight excluding hydrogens is 506 g/mol. The number of nitrogens with two attached hydrogens (primary N) is 1. The zero-order valence-electron chi connectivity index (χ0n) is 21.8. The van der Waals surface area contributed by atoms with Crippen LogP contribution in [-0.2, 0) is 9.59 Å². The molecule has 2 amide bonds. The molecule has 10 heteroatoms. The number of pyridine rings is 1. The number of benzene rings is 2. The lowest BCUT2D eigenvalue weighted by molar-refractivity contribution is -0.139. The van der Waals surface area contributed by atoms with Gasteiger partial charge < -0.3 is 30.8 Å². The second-order valence-corrected chi connectivity index (χ2v) is 10.9. The highest BCUT2D eigenvalue weighted by Crippen LogP contribution is 2.35. The number of nitrogens with zero attached hydrogens (tertiary/aromatic N) is 2. The normalized spacial score (nSPS) is 18.2. The van der Waals surface area contributed by atoms with Crippen LogP contribution in [0.25, 0.3) is 10.8 Å². The summed E-state index contributed by atoms with van der Waals surface area (Å²) in [5, 5.41) is 12.8. The van der Waals surface area contributed by atoms with Crippen LogP contribution in [0.15, 0.2) is 48.7 Å². The van der Waals surface area contributed by atoms with Gasteiger partial charge in [-0.1, -0.05) is 44.5 Å². The lowest BCUT2D eigenvalue weighted by Crippen LogP contribution is -2.53. The molecule has 4 rings (SSSR count). The number of carbonyl (C=O) groups excluding carboxylic acids is 2. The summed E-state index contributed by atoms with van der Waals surface area (Å²) in [5.74, 6) is 0.0509. The van der Waals surface area contributed by atoms with E-state index in [0.29, 0.717) is 33.3 Å². The van der Waals surface area contributed by atoms with Crippen LogP contribution in [0.5, 0.6) is 11.6 Å². The Bertz CT molecular complexity index is 1370. The standard InChI is InChI=1S/C28H32ClN5O4/c1-28(2,3)24(33-18-7-5-6-16(10-18)13-30)27(36)34-15-19(12-22(34)25(31)35)38-26-21-11-17(29)8-9-20(21)23(37-4)14-32-26/h5-11,13-14,19,22,24,30,33H,12,15H2,1-4H3,(H2,31,35)/t19-,22+,24?/m1/s1. The Morgan fingerprint density at radius 3 is 2.66 bits per heavy atom. The van der Waals surface area contributed by atoms with E-state index in [0.717, 1.165) is 5.39 Å². The van der Waals surface area contributed by atoms with Crippen molar-refractivity contribution in [3.05, 3.63) is 59.2 Å². The molecule has 0 saturated carbocycles. The lowest BCUT2D eigenvalue weighted by Gasteiger charge is -2.35. The van der Waals surface area contributed by atoms with Gasteiger partial charge in [0, 0.05) is 34.1 Å². The maximum absolute atomic E-state index is 13.9. The number of ether oxygens (including phenoxy) is 2. The van der Waals surface area contributed by atoms with Gasteiger partial charge in [-0.25, -0.2) is 4.98 Å². The number of primary amides is 1. The third kappa shape index (κ3) is 5.67. The molecule has 4 N–H and O–H groups in total. The lowest BCUT2D eigenvalue weighted by atomic mass is 9.85. The number of rotatable bonds is 8. The minimum absolute atomic E-state index is 0.164. The van der Waals surface area contributed by atoms with Crippen molar-refractivity contribution >= 4 is 46.1 Å². The van der Waals surface area contributed by atoms with Gasteiger partial charge in [-0.15, -0.1) is 0 Å². The van der Waals surface area contributed by atoms with Crippen LogP contribution >= 0.6 is 11.6 Å². The Morgan fingerprint density at radius 1 is 1.24 bits per heavy atom. The van der Waals surface area contributed by atoms with Crippen molar-refractivity contribution in [2.24, 2.45) is 11.1 Å². The van der Waals surface area contributed by atoms with Gasteiger partial charge in [0.25, 0.3) is 0 Å². The van der Waals surface area contributed by atoms with Gasteiger partial charge in [0.1, 0.15) is 23.9 Å². The molecule has 3 atom stereocenters. The zero-order chi connectivity index (χ0) is 27.6. The van der Waals surface area contributed by atoms with Crippen molar-refractivity contribution < 1.29 is 19.1 Å². The average Bonchev–Trinajstić information content (AvgIpc) is 3.31. The number of nitrogens with one attached hydrogen (secondary N) is 2. The number of carbonyl (C=O) groups is 2. The molecule has 0 radical (unpaired) electrons. The van der Waals surface area contributed by atoms with E-state index in [1.165, 1.54) is 11.1 Å². The fraction of sp³-hybridized carbons (Fsp3) is 0.357. The van der Waals surface area contributed by atoms with Crippen molar-refractivity contribution in [3.63, 3.8) is 0 Å². The van der Waals surface area contributed by atoms with Crippen molar-refractivity contribution in [3.8, 4) is 11.6 Å². The Morgan fingerprint density at radius 2 is 2.00 bits per heavy atom. The first-order chi connectivity index (χ1) is 18.0. The molecule has 2 aromatic carbocycles. The summed E-state index contributed by atoms with van der Waals surface area (Å²) in [7, 11) is 1.56. The maximum atomic E-state index is 13.9. The molecule has 200 valence electrons. The van der Waals surface area contributed by atoms with Crippen molar-refractivity contribution in [1.29, 1.82) is 5.41 Å². The van der Waals surface area contributed by atoms with E-state index in [-0.39, 0.29) is 18.9 Å². The van der Waals surface area contributed by atoms with Gasteiger partial charge in [-0.05, 0) is 41.3 Å². The second-order valence-electron chi connectivity index (χ2n) is 10.4. The van der Waals surface area contributed by atoms with Gasteiger partial charge in [0.2, 0.25) is 17.7 Å². The maximum Gasteiger partial charge on any atom is 0.246 e. The summed E-state index contributed by atoms with van der Waals surface area (Å²) in [6.45, 7) is 6.01. The SMILES string of the molecule is COc1cnc(O[C@@H]2C[C@@H](C(N)=O)N(C(=O)C(Nc3cccc(C=N)c3)C(C)(C)C)C2)c2cc(Cl)ccc12. The van der Waals surface area contributed by atoms with Crippen molar-refractivity contribution in [1.82, 2.24) is 9.88 Å². The number of fused-ring (bicyclic) bond motifs is 1. The fourth-order valence-corrected chi connectivity index (χ4v) is 4.85. The molecule has 0 spiro atoms. The van der Waals surface area contributed by atoms with Crippen LogP contribution in [0.3, 0.4) is 0 Å². The summed E-state index contributed by atoms with van der Waals surface area (Å²) in [6.07, 6.45) is 2.53. The number of aromatic nitrogens is 1. The average molecular weight is 538 g/mol. The van der Waals surface area contributed by atoms with E-state index in [2.05, 4.69) is 10.3 Å². The molecule has 1 fully saturated rings. The summed E-state index contributed by atoms with van der Waals surface area (Å²) < 4.78 is 11.7. The predicted octanol–water partition coefficient (Wildman–Crippen LogP) is 4.25. The molecular formula is C28H32ClN5O4. The van der Waals surface area contributed by atoms with Crippen LogP contribution in [0.4, 0.5) is 5.69 Å². The molecule has 3 aromatic rings. The van der Waals surface area contributed by atoms with Crippen LogP contribution in [0, 0.1) is 10.8 Å². The number of likely N-dealkylation sites (tertiary alicyclic amines) is 1. The minimum atomic E-state index is -0.833. The van der Waals surface area contributed by atoms with E-state index in [1.54, 1.807) is 31.5 Å². The van der Waals surface area contributed by atoms with Crippen LogP contribution in [0.1, 0.15) is 32.8 Å². The highest BCUT2D eigenvalue weighted by molar-refractivity contribution is 6.31. The molecule has 1 aromatic heterocycles. The molecule has 0 aliphatic carbocycles. The van der Waals surface area contributed by atoms with E-state index < -0.39 is 29.5 Å². The molecule has 1 aliphatic heterocycles. The van der Waals surface area contributed by atoms with Gasteiger partial charge in [0.15, 0.2) is 0 Å². The molecule has 1 saturated heterocycles. The zero-order valence-corrected chi connectivity index (χ0v) is 22.6. The molecule has 1 aliphatic rings. The third-order valence-corrected chi connectivity index (χ3v) is 6.86. The molecule has 2 heterocycles. The van der Waals surface area contributed by atoms with E-state index in [4.69, 9.17) is 32.2 Å². The van der Waals surface area contributed by atoms with E-state index in [1.807, 2.05) is 45.0 Å². The monoisotopic (exact) mass is 537 g/mol. The summed E-state index contributed by atoms with van der Waals surface area (Å²) in [6, 6.07) is 11.1. The number of hydrogen-bond acceptors (Lipinski definition) is 7. The highest BCUT2D eigenvalue weighted by Gasteiger charge is 2.44. The van der Waals surface area contributed by atoms with Crippen molar-refractivity contribution in [2.45, 2.75) is 45.4 Å². The van der Waals surface area contributed by atoms with Gasteiger partial charge >= 0.3 is 0 Å². The molecule has 38 heavy (non-hydrogen) atoms. The first-order valence-corrected chi connectivity index (χ1v) is 12.7. The van der Waals surface area contributed by atoms with Crippen LogP contribution in [0.2, 0.25) is 5.02 Å². The number of methoxy groups -OCH3 is 1.